The summed E-state index contributed by atoms with van der Waals surface area (Å²) in [5.41, 5.74) is 4.93. The van der Waals surface area contributed by atoms with Gasteiger partial charge in [0.1, 0.15) is 5.82 Å². The molecule has 7 heteroatoms. The van der Waals surface area contributed by atoms with Crippen LogP contribution < -0.4 is 15.5 Å². The predicted octanol–water partition coefficient (Wildman–Crippen LogP) is 2.93. The monoisotopic (exact) mass is 388 g/mol. The molecule has 2 N–H and O–H groups in total. The van der Waals surface area contributed by atoms with E-state index < -0.39 is 0 Å². The van der Waals surface area contributed by atoms with E-state index in [-0.39, 0.29) is 11.9 Å². The Morgan fingerprint density at radius 2 is 2.04 bits per heavy atom. The van der Waals surface area contributed by atoms with Gasteiger partial charge in [-0.25, -0.2) is 9.38 Å². The number of benzene rings is 1. The van der Waals surface area contributed by atoms with E-state index in [2.05, 4.69) is 34.6 Å². The molecular weight excluding hydrogens is 355 g/mol. The molecule has 0 aliphatic carbocycles. The molecule has 6 nitrogen and oxygen atoms in total. The summed E-state index contributed by atoms with van der Waals surface area (Å²) in [4.78, 5) is 6.39. The van der Waals surface area contributed by atoms with E-state index in [1.165, 1.54) is 11.3 Å². The second-order valence-electron chi connectivity index (χ2n) is 7.40. The molecule has 2 rings (SSSR count). The molecule has 0 aliphatic heterocycles. The van der Waals surface area contributed by atoms with Crippen molar-refractivity contribution >= 4 is 11.6 Å². The fourth-order valence-corrected chi connectivity index (χ4v) is 3.21. The molecule has 0 saturated carbocycles. The van der Waals surface area contributed by atoms with Gasteiger partial charge in [-0.2, -0.15) is 5.10 Å². The van der Waals surface area contributed by atoms with Crippen molar-refractivity contribution in [3.8, 4) is 0 Å². The summed E-state index contributed by atoms with van der Waals surface area (Å²) in [6.07, 6.45) is 0.863. The number of aliphatic imine (C=N–C) groups is 1. The van der Waals surface area contributed by atoms with Crippen LogP contribution in [0, 0.1) is 19.7 Å². The van der Waals surface area contributed by atoms with Gasteiger partial charge in [-0.15, -0.1) is 0 Å². The van der Waals surface area contributed by atoms with Crippen molar-refractivity contribution < 1.29 is 4.39 Å². The van der Waals surface area contributed by atoms with Gasteiger partial charge < -0.3 is 15.5 Å². The van der Waals surface area contributed by atoms with Crippen LogP contribution in [0.25, 0.3) is 0 Å². The highest BCUT2D eigenvalue weighted by Crippen LogP contribution is 2.18. The van der Waals surface area contributed by atoms with Crippen LogP contribution in [0.1, 0.15) is 36.4 Å². The van der Waals surface area contributed by atoms with Gasteiger partial charge >= 0.3 is 0 Å². The van der Waals surface area contributed by atoms with Gasteiger partial charge in [-0.05, 0) is 57.4 Å². The Balaban J connectivity index is 2.06. The normalized spacial score (nSPS) is 12.8. The summed E-state index contributed by atoms with van der Waals surface area (Å²) in [6, 6.07) is 5.44. The minimum absolute atomic E-state index is 0.187. The topological polar surface area (TPSA) is 57.5 Å². The number of aromatic nitrogens is 2. The van der Waals surface area contributed by atoms with Crippen molar-refractivity contribution in [2.24, 2.45) is 12.0 Å². The minimum Gasteiger partial charge on any atom is -0.375 e. The van der Waals surface area contributed by atoms with E-state index >= 15 is 0 Å². The van der Waals surface area contributed by atoms with E-state index in [1.807, 2.05) is 45.7 Å². The average Bonchev–Trinajstić information content (AvgIpc) is 2.85. The number of nitrogens with one attached hydrogen (secondary N) is 2. The van der Waals surface area contributed by atoms with Crippen molar-refractivity contribution in [3.05, 3.63) is 46.5 Å². The minimum atomic E-state index is -0.230. The number of hydrogen-bond donors (Lipinski definition) is 2. The number of rotatable bonds is 7. The predicted molar refractivity (Wildman–Crippen MR) is 115 cm³/mol. The molecule has 0 spiro atoms. The molecule has 0 radical (unpaired) electrons. The molecule has 1 unspecified atom stereocenters. The fourth-order valence-electron chi connectivity index (χ4n) is 3.21. The fraction of sp³-hybridized carbons (Fsp3) is 0.524. The van der Waals surface area contributed by atoms with Gasteiger partial charge in [0.2, 0.25) is 0 Å². The van der Waals surface area contributed by atoms with E-state index in [1.54, 1.807) is 17.0 Å². The standard InChI is InChI=1S/C21H33FN6/c1-8-23-21(24-13-17-9-10-20(27(5)6)19(22)12-17)25-14(2)11-18-15(3)26-28(7)16(18)4/h9-10,12,14H,8,11,13H2,1-7H3,(H2,23,24,25). The van der Waals surface area contributed by atoms with Gasteiger partial charge in [0, 0.05) is 39.4 Å². The molecule has 0 saturated heterocycles. The van der Waals surface area contributed by atoms with Gasteiger partial charge in [0.05, 0.1) is 17.9 Å². The number of nitrogens with zero attached hydrogens (tertiary/aromatic N) is 4. The largest absolute Gasteiger partial charge is 0.375 e. The maximum Gasteiger partial charge on any atom is 0.191 e. The number of anilines is 1. The first-order chi connectivity index (χ1) is 13.2. The molecule has 2 aromatic rings. The Bertz CT molecular complexity index is 825. The highest BCUT2D eigenvalue weighted by atomic mass is 19.1. The molecule has 1 atom stereocenters. The summed E-state index contributed by atoms with van der Waals surface area (Å²) < 4.78 is 16.1. The van der Waals surface area contributed by atoms with Crippen LogP contribution in [-0.4, -0.2) is 42.4 Å². The first kappa shape index (κ1) is 21.7. The lowest BCUT2D eigenvalue weighted by molar-refractivity contribution is 0.622. The number of aryl methyl sites for hydroxylation is 2. The Kier molecular flexibility index (Phi) is 7.43. The highest BCUT2D eigenvalue weighted by Gasteiger charge is 2.14. The molecule has 0 aliphatic rings. The summed E-state index contributed by atoms with van der Waals surface area (Å²) in [5.74, 6) is 0.498. The molecular formula is C21H33FN6. The van der Waals surface area contributed by atoms with Crippen LogP contribution in [0.15, 0.2) is 23.2 Å². The molecule has 0 amide bonds. The Morgan fingerprint density at radius 3 is 2.57 bits per heavy atom. The van der Waals surface area contributed by atoms with Crippen LogP contribution in [0.3, 0.4) is 0 Å². The number of halogens is 1. The number of hydrogen-bond acceptors (Lipinski definition) is 3. The SMILES string of the molecule is CCNC(=NCc1ccc(N(C)C)c(F)c1)NC(C)Cc1c(C)nn(C)c1C. The van der Waals surface area contributed by atoms with Crippen molar-refractivity contribution in [1.82, 2.24) is 20.4 Å². The third-order valence-corrected chi connectivity index (χ3v) is 4.81. The third-order valence-electron chi connectivity index (χ3n) is 4.81. The van der Waals surface area contributed by atoms with Crippen molar-refractivity contribution in [1.29, 1.82) is 0 Å². The molecule has 154 valence electrons. The Morgan fingerprint density at radius 1 is 1.32 bits per heavy atom. The molecule has 0 fully saturated rings. The molecule has 0 bridgehead atoms. The first-order valence-electron chi connectivity index (χ1n) is 9.72. The van der Waals surface area contributed by atoms with Gasteiger partial charge in [0.25, 0.3) is 0 Å². The Hall–Kier alpha value is -2.57. The van der Waals surface area contributed by atoms with Crippen molar-refractivity contribution in [2.75, 3.05) is 25.5 Å². The lowest BCUT2D eigenvalue weighted by Gasteiger charge is -2.18. The van der Waals surface area contributed by atoms with Crippen molar-refractivity contribution in [3.63, 3.8) is 0 Å². The van der Waals surface area contributed by atoms with Crippen LogP contribution in [0.2, 0.25) is 0 Å². The lowest BCUT2D eigenvalue weighted by atomic mass is 10.1. The zero-order valence-corrected chi connectivity index (χ0v) is 18.1. The zero-order valence-electron chi connectivity index (χ0n) is 18.1. The molecule has 1 aromatic carbocycles. The van der Waals surface area contributed by atoms with Crippen LogP contribution in [0.5, 0.6) is 0 Å². The van der Waals surface area contributed by atoms with Crippen molar-refractivity contribution in [2.45, 2.75) is 46.7 Å². The quantitative estimate of drug-likeness (QED) is 0.566. The van der Waals surface area contributed by atoms with Gasteiger partial charge in [-0.1, -0.05) is 6.07 Å². The summed E-state index contributed by atoms with van der Waals surface area (Å²) in [6.45, 7) is 9.47. The van der Waals surface area contributed by atoms with Crippen LogP contribution in [0.4, 0.5) is 10.1 Å². The van der Waals surface area contributed by atoms with E-state index in [0.29, 0.717) is 12.2 Å². The maximum absolute atomic E-state index is 14.2. The third kappa shape index (κ3) is 5.47. The average molecular weight is 389 g/mol. The second-order valence-corrected chi connectivity index (χ2v) is 7.40. The maximum atomic E-state index is 14.2. The van der Waals surface area contributed by atoms with Crippen LogP contribution >= 0.6 is 0 Å². The number of guanidine groups is 1. The van der Waals surface area contributed by atoms with E-state index in [0.717, 1.165) is 30.2 Å². The Labute approximate surface area is 167 Å². The molecule has 1 aromatic heterocycles. The first-order valence-corrected chi connectivity index (χ1v) is 9.72. The van der Waals surface area contributed by atoms with E-state index in [9.17, 15) is 4.39 Å². The van der Waals surface area contributed by atoms with E-state index in [4.69, 9.17) is 0 Å². The highest BCUT2D eigenvalue weighted by molar-refractivity contribution is 5.80. The zero-order chi connectivity index (χ0) is 20.8. The lowest BCUT2D eigenvalue weighted by Crippen LogP contribution is -2.43. The summed E-state index contributed by atoms with van der Waals surface area (Å²) >= 11 is 0. The molecule has 28 heavy (non-hydrogen) atoms. The molecule has 1 heterocycles. The second kappa shape index (κ2) is 9.57. The summed E-state index contributed by atoms with van der Waals surface area (Å²) in [7, 11) is 5.63. The summed E-state index contributed by atoms with van der Waals surface area (Å²) in [5, 5.41) is 11.2. The van der Waals surface area contributed by atoms with Gasteiger partial charge in [-0.3, -0.25) is 4.68 Å². The smallest absolute Gasteiger partial charge is 0.191 e. The van der Waals surface area contributed by atoms with Crippen LogP contribution in [-0.2, 0) is 20.0 Å². The van der Waals surface area contributed by atoms with Gasteiger partial charge in [0.15, 0.2) is 5.96 Å².